The van der Waals surface area contributed by atoms with Crippen LogP contribution in [0.25, 0.3) is 6.08 Å². The summed E-state index contributed by atoms with van der Waals surface area (Å²) in [6, 6.07) is 4.57. The van der Waals surface area contributed by atoms with Crippen LogP contribution in [0, 0.1) is 0 Å². The number of benzene rings is 1. The SMILES string of the molecule is COC(=O)/C=C/c1cccc(C(=O)OC)c1C(=O)OC. The molecule has 1 rings (SSSR count). The molecule has 0 bridgehead atoms. The molecule has 0 saturated carbocycles. The first-order valence-corrected chi connectivity index (χ1v) is 5.60. The Labute approximate surface area is 115 Å². The Kier molecular flexibility index (Phi) is 5.46. The first kappa shape index (κ1) is 15.4. The monoisotopic (exact) mass is 278 g/mol. The highest BCUT2D eigenvalue weighted by Crippen LogP contribution is 2.19. The average molecular weight is 278 g/mol. The molecule has 1 aromatic carbocycles. The highest BCUT2D eigenvalue weighted by Gasteiger charge is 2.21. The van der Waals surface area contributed by atoms with Gasteiger partial charge in [-0.1, -0.05) is 12.1 Å². The number of hydrogen-bond donors (Lipinski definition) is 0. The number of hydrogen-bond acceptors (Lipinski definition) is 6. The van der Waals surface area contributed by atoms with Crippen molar-refractivity contribution < 1.29 is 28.6 Å². The van der Waals surface area contributed by atoms with E-state index in [2.05, 4.69) is 14.2 Å². The van der Waals surface area contributed by atoms with E-state index in [1.807, 2.05) is 0 Å². The molecule has 6 nitrogen and oxygen atoms in total. The van der Waals surface area contributed by atoms with Crippen molar-refractivity contribution >= 4 is 24.0 Å². The molecule has 0 aromatic heterocycles. The maximum absolute atomic E-state index is 11.8. The quantitative estimate of drug-likeness (QED) is 0.471. The summed E-state index contributed by atoms with van der Waals surface area (Å²) in [5.74, 6) is -1.95. The number of rotatable bonds is 4. The van der Waals surface area contributed by atoms with Gasteiger partial charge in [0.15, 0.2) is 0 Å². The predicted octanol–water partition coefficient (Wildman–Crippen LogP) is 1.45. The molecule has 0 aliphatic heterocycles. The molecule has 0 spiro atoms. The van der Waals surface area contributed by atoms with Gasteiger partial charge >= 0.3 is 17.9 Å². The van der Waals surface area contributed by atoms with Crippen LogP contribution in [0.3, 0.4) is 0 Å². The van der Waals surface area contributed by atoms with Crippen LogP contribution in [0.15, 0.2) is 24.3 Å². The van der Waals surface area contributed by atoms with Crippen molar-refractivity contribution in [1.82, 2.24) is 0 Å². The Bertz CT molecular complexity index is 559. The van der Waals surface area contributed by atoms with Gasteiger partial charge in [0, 0.05) is 6.08 Å². The molecule has 0 atom stereocenters. The van der Waals surface area contributed by atoms with Gasteiger partial charge in [-0.3, -0.25) is 0 Å². The van der Waals surface area contributed by atoms with Crippen molar-refractivity contribution in [2.24, 2.45) is 0 Å². The van der Waals surface area contributed by atoms with Crippen LogP contribution in [0.4, 0.5) is 0 Å². The van der Waals surface area contributed by atoms with Crippen molar-refractivity contribution in [2.45, 2.75) is 0 Å². The molecule has 6 heteroatoms. The van der Waals surface area contributed by atoms with Crippen molar-refractivity contribution in [3.05, 3.63) is 41.0 Å². The van der Waals surface area contributed by atoms with E-state index in [9.17, 15) is 14.4 Å². The molecule has 0 amide bonds. The fourth-order valence-electron chi connectivity index (χ4n) is 1.54. The summed E-state index contributed by atoms with van der Waals surface area (Å²) in [4.78, 5) is 34.6. The third kappa shape index (κ3) is 3.44. The molecular weight excluding hydrogens is 264 g/mol. The standard InChI is InChI=1S/C14H14O6/c1-18-11(15)8-7-9-5-4-6-10(13(16)19-2)12(9)14(17)20-3/h4-8H,1-3H3/b8-7+. The first-order chi connectivity index (χ1) is 9.54. The lowest BCUT2D eigenvalue weighted by Crippen LogP contribution is -2.13. The molecule has 0 unspecified atom stereocenters. The summed E-state index contributed by atoms with van der Waals surface area (Å²) in [6.45, 7) is 0. The topological polar surface area (TPSA) is 78.9 Å². The largest absolute Gasteiger partial charge is 0.466 e. The first-order valence-electron chi connectivity index (χ1n) is 5.60. The number of carbonyl (C=O) groups is 3. The van der Waals surface area contributed by atoms with E-state index >= 15 is 0 Å². The van der Waals surface area contributed by atoms with E-state index in [4.69, 9.17) is 0 Å². The Morgan fingerprint density at radius 3 is 2.15 bits per heavy atom. The molecule has 20 heavy (non-hydrogen) atoms. The minimum Gasteiger partial charge on any atom is -0.466 e. The lowest BCUT2D eigenvalue weighted by Gasteiger charge is -2.09. The smallest absolute Gasteiger partial charge is 0.339 e. The number of carbonyl (C=O) groups excluding carboxylic acids is 3. The molecule has 0 radical (unpaired) electrons. The molecule has 0 aliphatic rings. The third-order valence-corrected chi connectivity index (χ3v) is 2.49. The van der Waals surface area contributed by atoms with E-state index in [0.29, 0.717) is 5.56 Å². The fourth-order valence-corrected chi connectivity index (χ4v) is 1.54. The molecule has 1 aromatic rings. The Hall–Kier alpha value is -2.63. The normalized spacial score (nSPS) is 10.2. The van der Waals surface area contributed by atoms with Crippen LogP contribution >= 0.6 is 0 Å². The van der Waals surface area contributed by atoms with Gasteiger partial charge in [-0.15, -0.1) is 0 Å². The van der Waals surface area contributed by atoms with Gasteiger partial charge in [0.05, 0.1) is 32.5 Å². The Morgan fingerprint density at radius 2 is 1.60 bits per heavy atom. The van der Waals surface area contributed by atoms with Gasteiger partial charge in [-0.2, -0.15) is 0 Å². The second-order valence-corrected chi connectivity index (χ2v) is 3.61. The maximum Gasteiger partial charge on any atom is 0.339 e. The van der Waals surface area contributed by atoms with E-state index in [1.54, 1.807) is 12.1 Å². The van der Waals surface area contributed by atoms with Crippen LogP contribution in [-0.4, -0.2) is 39.2 Å². The molecule has 0 aliphatic carbocycles. The molecular formula is C14H14O6. The zero-order valence-electron chi connectivity index (χ0n) is 11.3. The highest BCUT2D eigenvalue weighted by atomic mass is 16.5. The second kappa shape index (κ2) is 7.08. The van der Waals surface area contributed by atoms with Crippen molar-refractivity contribution in [1.29, 1.82) is 0 Å². The number of methoxy groups -OCH3 is 3. The Balaban J connectivity index is 3.36. The molecule has 0 saturated heterocycles. The lowest BCUT2D eigenvalue weighted by atomic mass is 10.0. The molecule has 106 valence electrons. The number of esters is 3. The molecule has 0 N–H and O–H groups in total. The van der Waals surface area contributed by atoms with Crippen LogP contribution in [0.5, 0.6) is 0 Å². The fraction of sp³-hybridized carbons (Fsp3) is 0.214. The van der Waals surface area contributed by atoms with Gasteiger partial charge in [-0.25, -0.2) is 14.4 Å². The lowest BCUT2D eigenvalue weighted by molar-refractivity contribution is -0.134. The van der Waals surface area contributed by atoms with Crippen molar-refractivity contribution in [3.8, 4) is 0 Å². The van der Waals surface area contributed by atoms with Crippen LogP contribution in [0.1, 0.15) is 26.3 Å². The van der Waals surface area contributed by atoms with E-state index < -0.39 is 17.9 Å². The number of ether oxygens (including phenoxy) is 3. The highest BCUT2D eigenvalue weighted by molar-refractivity contribution is 6.06. The predicted molar refractivity (Wildman–Crippen MR) is 70.2 cm³/mol. The summed E-state index contributed by atoms with van der Waals surface area (Å²) in [5.41, 5.74) is 0.443. The third-order valence-electron chi connectivity index (χ3n) is 2.49. The summed E-state index contributed by atoms with van der Waals surface area (Å²) in [5, 5.41) is 0. The summed E-state index contributed by atoms with van der Waals surface area (Å²) < 4.78 is 13.7. The van der Waals surface area contributed by atoms with Crippen LogP contribution in [0.2, 0.25) is 0 Å². The Morgan fingerprint density at radius 1 is 0.950 bits per heavy atom. The minimum atomic E-state index is -0.699. The zero-order chi connectivity index (χ0) is 15.1. The minimum absolute atomic E-state index is 0.0296. The van der Waals surface area contributed by atoms with Crippen molar-refractivity contribution in [3.63, 3.8) is 0 Å². The average Bonchev–Trinajstić information content (AvgIpc) is 2.50. The zero-order valence-corrected chi connectivity index (χ0v) is 11.3. The van der Waals surface area contributed by atoms with Crippen LogP contribution in [-0.2, 0) is 19.0 Å². The van der Waals surface area contributed by atoms with E-state index in [-0.39, 0.29) is 11.1 Å². The van der Waals surface area contributed by atoms with Gasteiger partial charge < -0.3 is 14.2 Å². The van der Waals surface area contributed by atoms with Gasteiger partial charge in [-0.05, 0) is 17.7 Å². The van der Waals surface area contributed by atoms with E-state index in [1.165, 1.54) is 33.5 Å². The molecule has 0 fully saturated rings. The van der Waals surface area contributed by atoms with Gasteiger partial charge in [0.1, 0.15) is 0 Å². The molecule has 0 heterocycles. The second-order valence-electron chi connectivity index (χ2n) is 3.61. The van der Waals surface area contributed by atoms with Gasteiger partial charge in [0.25, 0.3) is 0 Å². The summed E-state index contributed by atoms with van der Waals surface area (Å²) in [6.07, 6.45) is 2.51. The summed E-state index contributed by atoms with van der Waals surface area (Å²) >= 11 is 0. The summed E-state index contributed by atoms with van der Waals surface area (Å²) in [7, 11) is 3.64. The van der Waals surface area contributed by atoms with Gasteiger partial charge in [0.2, 0.25) is 0 Å². The van der Waals surface area contributed by atoms with Crippen molar-refractivity contribution in [2.75, 3.05) is 21.3 Å². The van der Waals surface area contributed by atoms with E-state index in [0.717, 1.165) is 6.08 Å². The maximum atomic E-state index is 11.8. The van der Waals surface area contributed by atoms with Crippen LogP contribution < -0.4 is 0 Å².